The van der Waals surface area contributed by atoms with Crippen LogP contribution in [0.1, 0.15) is 30.7 Å². The molecule has 0 aliphatic rings. The molecular formula is C25H26N4O4S. The third-order valence-electron chi connectivity index (χ3n) is 5.33. The fourth-order valence-corrected chi connectivity index (χ4v) is 4.04. The van der Waals surface area contributed by atoms with Crippen molar-refractivity contribution in [3.05, 3.63) is 71.5 Å². The van der Waals surface area contributed by atoms with E-state index in [1.807, 2.05) is 37.3 Å². The number of anilines is 1. The van der Waals surface area contributed by atoms with Gasteiger partial charge in [-0.05, 0) is 62.2 Å². The zero-order chi connectivity index (χ0) is 24.5. The number of nitrogens with one attached hydrogen (secondary N) is 2. The number of pyridine rings is 1. The highest BCUT2D eigenvalue weighted by Gasteiger charge is 2.19. The van der Waals surface area contributed by atoms with Crippen LogP contribution in [-0.4, -0.2) is 36.7 Å². The molecule has 176 valence electrons. The molecule has 2 aromatic carbocycles. The van der Waals surface area contributed by atoms with E-state index >= 15 is 0 Å². The molecule has 0 spiro atoms. The Morgan fingerprint density at radius 1 is 1.15 bits per heavy atom. The number of amides is 1. The van der Waals surface area contributed by atoms with Crippen molar-refractivity contribution in [2.75, 3.05) is 11.6 Å². The van der Waals surface area contributed by atoms with Crippen molar-refractivity contribution in [3.8, 4) is 11.5 Å². The molecule has 4 rings (SSSR count). The Morgan fingerprint density at radius 3 is 2.62 bits per heavy atom. The van der Waals surface area contributed by atoms with Crippen LogP contribution < -0.4 is 10.1 Å². The number of hydrogen-bond donors (Lipinski definition) is 3. The molecule has 0 aliphatic heterocycles. The van der Waals surface area contributed by atoms with Crippen molar-refractivity contribution in [3.63, 3.8) is 0 Å². The van der Waals surface area contributed by atoms with Gasteiger partial charge in [0.1, 0.15) is 17.1 Å². The van der Waals surface area contributed by atoms with Crippen LogP contribution in [0.25, 0.3) is 10.9 Å². The maximum atomic E-state index is 12.5. The summed E-state index contributed by atoms with van der Waals surface area (Å²) in [5.74, 6) is 1.41. The number of carbonyl (C=O) groups excluding carboxylic acids is 1. The van der Waals surface area contributed by atoms with Crippen LogP contribution in [0.3, 0.4) is 0 Å². The smallest absolute Gasteiger partial charge is 0.229 e. The van der Waals surface area contributed by atoms with Crippen molar-refractivity contribution >= 4 is 33.4 Å². The number of benzene rings is 2. The summed E-state index contributed by atoms with van der Waals surface area (Å²) in [5, 5.41) is 20.3. The van der Waals surface area contributed by atoms with E-state index in [1.54, 1.807) is 44.5 Å². The zero-order valence-electron chi connectivity index (χ0n) is 19.4. The lowest BCUT2D eigenvalue weighted by molar-refractivity contribution is -0.115. The van der Waals surface area contributed by atoms with Gasteiger partial charge in [-0.2, -0.15) is 5.10 Å². The molecule has 0 radical (unpaired) electrons. The normalized spacial score (nSPS) is 12.5. The molecule has 2 heterocycles. The van der Waals surface area contributed by atoms with Crippen LogP contribution in [0, 0.1) is 6.92 Å². The third-order valence-corrected chi connectivity index (χ3v) is 6.25. The number of ether oxygens (including phenoxy) is 1. The van der Waals surface area contributed by atoms with Gasteiger partial charge in [0.25, 0.3) is 0 Å². The Kier molecular flexibility index (Phi) is 6.49. The Morgan fingerprint density at radius 2 is 1.94 bits per heavy atom. The Balaban J connectivity index is 1.48. The summed E-state index contributed by atoms with van der Waals surface area (Å²) in [4.78, 5) is 17.5. The molecule has 1 atom stereocenters. The van der Waals surface area contributed by atoms with Gasteiger partial charge in [0.2, 0.25) is 5.91 Å². The number of nitrogens with zero attached hydrogens (tertiary/aromatic N) is 2. The predicted molar refractivity (Wildman–Crippen MR) is 131 cm³/mol. The number of rotatable bonds is 7. The number of aromatic nitrogens is 3. The van der Waals surface area contributed by atoms with Gasteiger partial charge >= 0.3 is 0 Å². The van der Waals surface area contributed by atoms with E-state index in [2.05, 4.69) is 20.5 Å². The predicted octanol–water partition coefficient (Wildman–Crippen LogP) is 4.20. The van der Waals surface area contributed by atoms with Crippen LogP contribution in [0.5, 0.6) is 11.5 Å². The maximum absolute atomic E-state index is 12.5. The standard InChI is InChI=1S/C25H26N4O4S/c1-15-11-16(12-24(30)27-23-14-22(28-29-23)25(2,3)31)5-8-20(15)33-21-9-10-26-19-7-6-17(34(4)32)13-18(19)21/h5-11,13-14,31H,12H2,1-4H3,(H2,27,28,29,30). The van der Waals surface area contributed by atoms with E-state index in [9.17, 15) is 14.1 Å². The van der Waals surface area contributed by atoms with Crippen LogP contribution in [0.4, 0.5) is 5.82 Å². The fraction of sp³-hybridized carbons (Fsp3) is 0.240. The molecule has 1 amide bonds. The molecule has 0 fully saturated rings. The molecule has 3 N–H and O–H groups in total. The highest BCUT2D eigenvalue weighted by molar-refractivity contribution is 7.84. The molecule has 0 bridgehead atoms. The van der Waals surface area contributed by atoms with Crippen LogP contribution in [0.2, 0.25) is 0 Å². The minimum atomic E-state index is -1.11. The summed E-state index contributed by atoms with van der Waals surface area (Å²) in [5.41, 5.74) is 1.89. The Labute approximate surface area is 199 Å². The van der Waals surface area contributed by atoms with Gasteiger partial charge in [0, 0.05) is 39.6 Å². The number of fused-ring (bicyclic) bond motifs is 1. The summed E-state index contributed by atoms with van der Waals surface area (Å²) >= 11 is 0. The lowest BCUT2D eigenvalue weighted by atomic mass is 10.1. The van der Waals surface area contributed by atoms with Crippen molar-refractivity contribution in [1.29, 1.82) is 0 Å². The van der Waals surface area contributed by atoms with Gasteiger partial charge in [0.15, 0.2) is 5.82 Å². The minimum Gasteiger partial charge on any atom is -0.456 e. The van der Waals surface area contributed by atoms with Crippen molar-refractivity contribution < 1.29 is 18.8 Å². The van der Waals surface area contributed by atoms with Gasteiger partial charge in [-0.3, -0.25) is 19.1 Å². The van der Waals surface area contributed by atoms with Gasteiger partial charge in [-0.15, -0.1) is 0 Å². The van der Waals surface area contributed by atoms with Gasteiger partial charge in [0.05, 0.1) is 17.6 Å². The first kappa shape index (κ1) is 23.6. The van der Waals surface area contributed by atoms with E-state index in [0.717, 1.165) is 22.0 Å². The Hall–Kier alpha value is -3.56. The molecule has 34 heavy (non-hydrogen) atoms. The van der Waals surface area contributed by atoms with Crippen molar-refractivity contribution in [1.82, 2.24) is 15.2 Å². The first-order valence-corrected chi connectivity index (χ1v) is 12.2. The first-order chi connectivity index (χ1) is 16.1. The molecule has 4 aromatic rings. The summed E-state index contributed by atoms with van der Waals surface area (Å²) in [6, 6.07) is 14.4. The Bertz CT molecular complexity index is 1390. The molecule has 0 saturated heterocycles. The van der Waals surface area contributed by atoms with Crippen LogP contribution in [-0.2, 0) is 27.6 Å². The summed E-state index contributed by atoms with van der Waals surface area (Å²) in [6.07, 6.45) is 3.47. The first-order valence-electron chi connectivity index (χ1n) is 10.7. The molecule has 1 unspecified atom stereocenters. The van der Waals surface area contributed by atoms with Crippen LogP contribution in [0.15, 0.2) is 59.6 Å². The summed E-state index contributed by atoms with van der Waals surface area (Å²) in [6.45, 7) is 5.18. The number of hydrogen-bond acceptors (Lipinski definition) is 6. The molecule has 0 saturated carbocycles. The number of aliphatic hydroxyl groups is 1. The fourth-order valence-electron chi connectivity index (χ4n) is 3.49. The lowest BCUT2D eigenvalue weighted by Gasteiger charge is -2.13. The van der Waals surface area contributed by atoms with Gasteiger partial charge < -0.3 is 15.2 Å². The van der Waals surface area contributed by atoms with E-state index in [4.69, 9.17) is 4.74 Å². The second-order valence-electron chi connectivity index (χ2n) is 8.59. The number of carbonyl (C=O) groups is 1. The quantitative estimate of drug-likeness (QED) is 0.366. The van der Waals surface area contributed by atoms with E-state index in [-0.39, 0.29) is 12.3 Å². The highest BCUT2D eigenvalue weighted by Crippen LogP contribution is 2.32. The van der Waals surface area contributed by atoms with E-state index < -0.39 is 16.4 Å². The second kappa shape index (κ2) is 9.36. The van der Waals surface area contributed by atoms with E-state index in [1.165, 1.54) is 0 Å². The molecular weight excluding hydrogens is 452 g/mol. The van der Waals surface area contributed by atoms with Crippen molar-refractivity contribution in [2.24, 2.45) is 0 Å². The molecule has 0 aliphatic carbocycles. The molecule has 8 nitrogen and oxygen atoms in total. The third kappa shape index (κ3) is 5.32. The van der Waals surface area contributed by atoms with Crippen LogP contribution >= 0.6 is 0 Å². The van der Waals surface area contributed by atoms with Gasteiger partial charge in [-0.25, -0.2) is 0 Å². The molecule has 9 heteroatoms. The molecule has 2 aromatic heterocycles. The number of H-pyrrole nitrogens is 1. The highest BCUT2D eigenvalue weighted by atomic mass is 32.2. The maximum Gasteiger partial charge on any atom is 0.229 e. The average Bonchev–Trinajstić information content (AvgIpc) is 3.24. The SMILES string of the molecule is Cc1cc(CC(=O)Nc2cc(C(C)(C)O)[nH]n2)ccc1Oc1ccnc2ccc(S(C)=O)cc12. The summed E-state index contributed by atoms with van der Waals surface area (Å²) in [7, 11) is -1.11. The topological polar surface area (TPSA) is 117 Å². The minimum absolute atomic E-state index is 0.162. The monoisotopic (exact) mass is 478 g/mol. The largest absolute Gasteiger partial charge is 0.456 e. The number of aryl methyl sites for hydroxylation is 1. The average molecular weight is 479 g/mol. The number of aromatic amines is 1. The van der Waals surface area contributed by atoms with E-state index in [0.29, 0.717) is 27.9 Å². The summed E-state index contributed by atoms with van der Waals surface area (Å²) < 4.78 is 18.1. The lowest BCUT2D eigenvalue weighted by Crippen LogP contribution is -2.16. The van der Waals surface area contributed by atoms with Gasteiger partial charge in [-0.1, -0.05) is 12.1 Å². The second-order valence-corrected chi connectivity index (χ2v) is 9.97. The zero-order valence-corrected chi connectivity index (χ0v) is 20.2. The van der Waals surface area contributed by atoms with Crippen molar-refractivity contribution in [2.45, 2.75) is 37.7 Å².